The van der Waals surface area contributed by atoms with Gasteiger partial charge in [-0.05, 0) is 12.1 Å². The van der Waals surface area contributed by atoms with Crippen molar-refractivity contribution in [3.8, 4) is 11.5 Å². The van der Waals surface area contributed by atoms with Gasteiger partial charge in [0.2, 0.25) is 5.91 Å². The van der Waals surface area contributed by atoms with Crippen molar-refractivity contribution in [2.24, 2.45) is 0 Å². The van der Waals surface area contributed by atoms with Gasteiger partial charge in [0.25, 0.3) is 5.91 Å². The zero-order chi connectivity index (χ0) is 20.4. The lowest BCUT2D eigenvalue weighted by atomic mass is 10.1. The fraction of sp³-hybridized carbons (Fsp3) is 0.364. The van der Waals surface area contributed by atoms with Crippen LogP contribution in [0.1, 0.15) is 6.42 Å². The molecule has 0 bridgehead atoms. The summed E-state index contributed by atoms with van der Waals surface area (Å²) in [6.07, 6.45) is 0.198. The third-order valence-electron chi connectivity index (χ3n) is 5.59. The Hall–Kier alpha value is -3.06. The minimum atomic E-state index is -0.419. The highest BCUT2D eigenvalue weighted by atomic mass is 16.5. The minimum Gasteiger partial charge on any atom is -0.497 e. The van der Waals surface area contributed by atoms with Gasteiger partial charge in [-0.3, -0.25) is 14.5 Å². The Morgan fingerprint density at radius 1 is 0.828 bits per heavy atom. The average Bonchev–Trinajstić information content (AvgIpc) is 3.08. The van der Waals surface area contributed by atoms with E-state index < -0.39 is 6.04 Å². The number of amides is 2. The number of para-hydroxylation sites is 1. The van der Waals surface area contributed by atoms with E-state index in [0.717, 1.165) is 26.2 Å². The normalized spacial score (nSPS) is 20.3. The number of hydrogen-bond donors (Lipinski definition) is 0. The number of nitrogens with zero attached hydrogens (tertiary/aromatic N) is 3. The molecule has 7 heteroatoms. The van der Waals surface area contributed by atoms with Crippen molar-refractivity contribution < 1.29 is 19.1 Å². The van der Waals surface area contributed by atoms with Gasteiger partial charge in [0.1, 0.15) is 11.5 Å². The Balaban J connectivity index is 1.48. The molecule has 2 fully saturated rings. The number of carbonyl (C=O) groups excluding carboxylic acids is 2. The SMILES string of the molecule is COc1cc(OC)cc(N2C(=O)C[C@@H](N3CCN(c4ccccc4)CC3)C2=O)c1. The molecule has 0 spiro atoms. The molecular weight excluding hydrogens is 370 g/mol. The Bertz CT molecular complexity index is 872. The molecule has 2 heterocycles. The highest BCUT2D eigenvalue weighted by molar-refractivity contribution is 6.22. The highest BCUT2D eigenvalue weighted by Gasteiger charge is 2.43. The quantitative estimate of drug-likeness (QED) is 0.723. The van der Waals surface area contributed by atoms with E-state index in [2.05, 4.69) is 21.9 Å². The molecule has 2 amide bonds. The van der Waals surface area contributed by atoms with Crippen LogP contribution in [0.2, 0.25) is 0 Å². The van der Waals surface area contributed by atoms with E-state index in [1.165, 1.54) is 10.6 Å². The first-order valence-electron chi connectivity index (χ1n) is 9.74. The molecule has 2 aliphatic heterocycles. The molecule has 2 saturated heterocycles. The molecule has 0 unspecified atom stereocenters. The second-order valence-corrected chi connectivity index (χ2v) is 7.22. The van der Waals surface area contributed by atoms with Gasteiger partial charge >= 0.3 is 0 Å². The summed E-state index contributed by atoms with van der Waals surface area (Å²) in [7, 11) is 3.09. The number of piperazine rings is 1. The first kappa shape index (κ1) is 19.3. The molecule has 0 N–H and O–H groups in total. The van der Waals surface area contributed by atoms with Crippen molar-refractivity contribution in [2.75, 3.05) is 50.2 Å². The lowest BCUT2D eigenvalue weighted by Crippen LogP contribution is -2.52. The van der Waals surface area contributed by atoms with E-state index in [9.17, 15) is 9.59 Å². The second kappa shape index (κ2) is 8.13. The number of ether oxygens (including phenoxy) is 2. The van der Waals surface area contributed by atoms with Gasteiger partial charge in [-0.15, -0.1) is 0 Å². The lowest BCUT2D eigenvalue weighted by molar-refractivity contribution is -0.123. The van der Waals surface area contributed by atoms with Gasteiger partial charge in [-0.1, -0.05) is 18.2 Å². The van der Waals surface area contributed by atoms with Crippen molar-refractivity contribution in [1.29, 1.82) is 0 Å². The Morgan fingerprint density at radius 3 is 2.03 bits per heavy atom. The van der Waals surface area contributed by atoms with E-state index in [4.69, 9.17) is 9.47 Å². The standard InChI is InChI=1S/C22H25N3O4/c1-28-18-12-17(13-19(14-18)29-2)25-21(26)15-20(22(25)27)24-10-8-23(9-11-24)16-6-4-3-5-7-16/h3-7,12-14,20H,8-11,15H2,1-2H3/t20-/m1/s1. The van der Waals surface area contributed by atoms with Crippen LogP contribution >= 0.6 is 0 Å². The average molecular weight is 395 g/mol. The maximum atomic E-state index is 13.1. The van der Waals surface area contributed by atoms with Gasteiger partial charge in [0.05, 0.1) is 32.4 Å². The fourth-order valence-corrected chi connectivity index (χ4v) is 4.02. The van der Waals surface area contributed by atoms with Crippen LogP contribution in [0.15, 0.2) is 48.5 Å². The largest absolute Gasteiger partial charge is 0.497 e. The maximum Gasteiger partial charge on any atom is 0.251 e. The molecule has 2 aromatic rings. The molecule has 152 valence electrons. The summed E-state index contributed by atoms with van der Waals surface area (Å²) in [5, 5.41) is 0. The molecule has 0 radical (unpaired) electrons. The molecule has 2 aliphatic rings. The van der Waals surface area contributed by atoms with Crippen LogP contribution in [0.3, 0.4) is 0 Å². The molecule has 0 aromatic heterocycles. The number of carbonyl (C=O) groups is 2. The van der Waals surface area contributed by atoms with Crippen molar-refractivity contribution in [3.05, 3.63) is 48.5 Å². The van der Waals surface area contributed by atoms with Gasteiger partial charge in [0.15, 0.2) is 0 Å². The van der Waals surface area contributed by atoms with Crippen molar-refractivity contribution in [1.82, 2.24) is 4.90 Å². The monoisotopic (exact) mass is 395 g/mol. The zero-order valence-electron chi connectivity index (χ0n) is 16.7. The van der Waals surface area contributed by atoms with Gasteiger partial charge in [-0.25, -0.2) is 4.90 Å². The summed E-state index contributed by atoms with van der Waals surface area (Å²) >= 11 is 0. The second-order valence-electron chi connectivity index (χ2n) is 7.22. The molecular formula is C22H25N3O4. The molecule has 2 aromatic carbocycles. The van der Waals surface area contributed by atoms with Gasteiger partial charge in [-0.2, -0.15) is 0 Å². The number of benzene rings is 2. The summed E-state index contributed by atoms with van der Waals surface area (Å²) in [5.74, 6) is 0.707. The maximum absolute atomic E-state index is 13.1. The van der Waals surface area contributed by atoms with E-state index in [-0.39, 0.29) is 18.2 Å². The molecule has 0 saturated carbocycles. The van der Waals surface area contributed by atoms with Crippen LogP contribution in [-0.2, 0) is 9.59 Å². The van der Waals surface area contributed by atoms with Gasteiger partial charge in [0, 0.05) is 50.1 Å². The number of hydrogen-bond acceptors (Lipinski definition) is 6. The van der Waals surface area contributed by atoms with Crippen LogP contribution in [0, 0.1) is 0 Å². The minimum absolute atomic E-state index is 0.182. The number of anilines is 2. The number of methoxy groups -OCH3 is 2. The first-order chi connectivity index (χ1) is 14.1. The predicted octanol–water partition coefficient (Wildman–Crippen LogP) is 2.16. The third-order valence-corrected chi connectivity index (χ3v) is 5.59. The summed E-state index contributed by atoms with van der Waals surface area (Å²) in [5.41, 5.74) is 1.67. The molecule has 29 heavy (non-hydrogen) atoms. The Labute approximate surface area is 170 Å². The number of imide groups is 1. The van der Waals surface area contributed by atoms with Crippen LogP contribution < -0.4 is 19.3 Å². The van der Waals surface area contributed by atoms with E-state index in [1.807, 2.05) is 18.2 Å². The van der Waals surface area contributed by atoms with Crippen LogP contribution in [-0.4, -0.2) is 63.2 Å². The van der Waals surface area contributed by atoms with Crippen molar-refractivity contribution in [2.45, 2.75) is 12.5 Å². The van der Waals surface area contributed by atoms with Crippen LogP contribution in [0.4, 0.5) is 11.4 Å². The third kappa shape index (κ3) is 3.78. The Kier molecular flexibility index (Phi) is 5.40. The molecule has 0 aliphatic carbocycles. The summed E-state index contributed by atoms with van der Waals surface area (Å²) in [6, 6.07) is 14.9. The highest BCUT2D eigenvalue weighted by Crippen LogP contribution is 2.33. The molecule has 4 rings (SSSR count). The topological polar surface area (TPSA) is 62.3 Å². The zero-order valence-corrected chi connectivity index (χ0v) is 16.7. The molecule has 7 nitrogen and oxygen atoms in total. The Morgan fingerprint density at radius 2 is 1.45 bits per heavy atom. The predicted molar refractivity (Wildman–Crippen MR) is 111 cm³/mol. The van der Waals surface area contributed by atoms with E-state index >= 15 is 0 Å². The smallest absolute Gasteiger partial charge is 0.251 e. The summed E-state index contributed by atoms with van der Waals surface area (Å²) in [4.78, 5) is 31.5. The van der Waals surface area contributed by atoms with E-state index in [0.29, 0.717) is 17.2 Å². The summed E-state index contributed by atoms with van der Waals surface area (Å²) in [6.45, 7) is 3.14. The fourth-order valence-electron chi connectivity index (χ4n) is 4.02. The van der Waals surface area contributed by atoms with E-state index in [1.54, 1.807) is 32.4 Å². The van der Waals surface area contributed by atoms with Gasteiger partial charge < -0.3 is 14.4 Å². The first-order valence-corrected chi connectivity index (χ1v) is 9.74. The number of rotatable bonds is 5. The molecule has 1 atom stereocenters. The van der Waals surface area contributed by atoms with Crippen molar-refractivity contribution >= 4 is 23.2 Å². The summed E-state index contributed by atoms with van der Waals surface area (Å²) < 4.78 is 10.6. The lowest BCUT2D eigenvalue weighted by Gasteiger charge is -2.38. The van der Waals surface area contributed by atoms with Crippen LogP contribution in [0.25, 0.3) is 0 Å². The van der Waals surface area contributed by atoms with Crippen LogP contribution in [0.5, 0.6) is 11.5 Å². The van der Waals surface area contributed by atoms with Crippen molar-refractivity contribution in [3.63, 3.8) is 0 Å².